The molecule has 0 radical (unpaired) electrons. The van der Waals surface area contributed by atoms with E-state index in [1.807, 2.05) is 31.2 Å². The average molecular weight is 281 g/mol. The molecule has 1 aromatic heterocycles. The average Bonchev–Trinajstić information content (AvgIpc) is 2.33. The van der Waals surface area contributed by atoms with Gasteiger partial charge in [-0.15, -0.1) is 0 Å². The van der Waals surface area contributed by atoms with Crippen LogP contribution in [0.25, 0.3) is 0 Å². The van der Waals surface area contributed by atoms with Crippen molar-refractivity contribution in [1.29, 1.82) is 0 Å². The molecule has 4 heteroatoms. The van der Waals surface area contributed by atoms with Crippen molar-refractivity contribution in [1.82, 2.24) is 4.98 Å². The molecule has 94 valence electrons. The molecule has 0 bridgehead atoms. The smallest absolute Gasteiger partial charge is 0.0453 e. The molecule has 0 amide bonds. The summed E-state index contributed by atoms with van der Waals surface area (Å²) in [6.07, 6.45) is 2.43. The SMILES string of the molecule is Cc1ncccc1C(N)Cc1ccc(Cl)cc1Cl. The summed E-state index contributed by atoms with van der Waals surface area (Å²) in [7, 11) is 0. The van der Waals surface area contributed by atoms with Gasteiger partial charge < -0.3 is 5.73 Å². The van der Waals surface area contributed by atoms with Crippen LogP contribution >= 0.6 is 23.2 Å². The lowest BCUT2D eigenvalue weighted by atomic mass is 9.99. The van der Waals surface area contributed by atoms with Crippen LogP contribution in [-0.2, 0) is 6.42 Å². The fourth-order valence-electron chi connectivity index (χ4n) is 1.92. The maximum atomic E-state index is 6.20. The molecule has 2 nitrogen and oxygen atoms in total. The largest absolute Gasteiger partial charge is 0.324 e. The maximum Gasteiger partial charge on any atom is 0.0453 e. The first-order chi connectivity index (χ1) is 8.58. The highest BCUT2D eigenvalue weighted by molar-refractivity contribution is 6.35. The Morgan fingerprint density at radius 1 is 1.28 bits per heavy atom. The lowest BCUT2D eigenvalue weighted by Crippen LogP contribution is -2.15. The summed E-state index contributed by atoms with van der Waals surface area (Å²) < 4.78 is 0. The topological polar surface area (TPSA) is 38.9 Å². The minimum Gasteiger partial charge on any atom is -0.324 e. The van der Waals surface area contributed by atoms with E-state index < -0.39 is 0 Å². The molecule has 0 saturated heterocycles. The van der Waals surface area contributed by atoms with Gasteiger partial charge in [-0.2, -0.15) is 0 Å². The molecule has 2 rings (SSSR count). The molecule has 1 unspecified atom stereocenters. The van der Waals surface area contributed by atoms with Gasteiger partial charge in [-0.25, -0.2) is 0 Å². The van der Waals surface area contributed by atoms with Gasteiger partial charge in [-0.05, 0) is 42.7 Å². The zero-order valence-electron chi connectivity index (χ0n) is 10.0. The molecule has 1 aromatic carbocycles. The Bertz CT molecular complexity index is 555. The van der Waals surface area contributed by atoms with Crippen LogP contribution in [-0.4, -0.2) is 4.98 Å². The van der Waals surface area contributed by atoms with Gasteiger partial charge in [-0.1, -0.05) is 35.3 Å². The van der Waals surface area contributed by atoms with Crippen molar-refractivity contribution in [3.63, 3.8) is 0 Å². The zero-order chi connectivity index (χ0) is 13.1. The summed E-state index contributed by atoms with van der Waals surface area (Å²) >= 11 is 12.0. The Hall–Kier alpha value is -1.09. The standard InChI is InChI=1S/C14H14Cl2N2/c1-9-12(3-2-6-18-9)14(17)7-10-4-5-11(15)8-13(10)16/h2-6,8,14H,7,17H2,1H3. The number of aromatic nitrogens is 1. The van der Waals surface area contributed by atoms with Crippen LogP contribution < -0.4 is 5.73 Å². The molecular formula is C14H14Cl2N2. The Balaban J connectivity index is 2.21. The molecule has 18 heavy (non-hydrogen) atoms. The third-order valence-corrected chi connectivity index (χ3v) is 3.49. The summed E-state index contributed by atoms with van der Waals surface area (Å²) in [5, 5.41) is 1.29. The monoisotopic (exact) mass is 280 g/mol. The predicted molar refractivity (Wildman–Crippen MR) is 76.1 cm³/mol. The minimum absolute atomic E-state index is 0.114. The van der Waals surface area contributed by atoms with Gasteiger partial charge in [0, 0.05) is 28.0 Å². The van der Waals surface area contributed by atoms with Gasteiger partial charge in [0.1, 0.15) is 0 Å². The highest BCUT2D eigenvalue weighted by Crippen LogP contribution is 2.25. The van der Waals surface area contributed by atoms with E-state index >= 15 is 0 Å². The molecule has 0 aliphatic heterocycles. The first kappa shape index (κ1) is 13.3. The van der Waals surface area contributed by atoms with Crippen LogP contribution in [0.1, 0.15) is 22.9 Å². The predicted octanol–water partition coefficient (Wildman–Crippen LogP) is 3.94. The van der Waals surface area contributed by atoms with E-state index in [1.165, 1.54) is 0 Å². The van der Waals surface area contributed by atoms with E-state index in [0.29, 0.717) is 16.5 Å². The van der Waals surface area contributed by atoms with Gasteiger partial charge in [0.25, 0.3) is 0 Å². The Labute approximate surface area is 117 Å². The Morgan fingerprint density at radius 3 is 2.72 bits per heavy atom. The summed E-state index contributed by atoms with van der Waals surface area (Å²) in [6, 6.07) is 9.25. The van der Waals surface area contributed by atoms with Gasteiger partial charge >= 0.3 is 0 Å². The highest BCUT2D eigenvalue weighted by atomic mass is 35.5. The number of benzene rings is 1. The molecule has 2 aromatic rings. The minimum atomic E-state index is -0.114. The molecule has 0 saturated carbocycles. The lowest BCUT2D eigenvalue weighted by Gasteiger charge is -2.15. The van der Waals surface area contributed by atoms with Crippen LogP contribution in [0.3, 0.4) is 0 Å². The number of hydrogen-bond donors (Lipinski definition) is 1. The van der Waals surface area contributed by atoms with Gasteiger partial charge in [-0.3, -0.25) is 4.98 Å². The Morgan fingerprint density at radius 2 is 2.06 bits per heavy atom. The third-order valence-electron chi connectivity index (χ3n) is 2.90. The Kier molecular flexibility index (Phi) is 4.23. The molecular weight excluding hydrogens is 267 g/mol. The van der Waals surface area contributed by atoms with Crippen molar-refractivity contribution in [3.05, 3.63) is 63.4 Å². The van der Waals surface area contributed by atoms with E-state index in [2.05, 4.69) is 4.98 Å². The summed E-state index contributed by atoms with van der Waals surface area (Å²) in [5.41, 5.74) is 9.20. The van der Waals surface area contributed by atoms with Crippen LogP contribution in [0.15, 0.2) is 36.5 Å². The molecule has 1 heterocycles. The lowest BCUT2D eigenvalue weighted by molar-refractivity contribution is 0.711. The first-order valence-corrected chi connectivity index (χ1v) is 6.44. The summed E-state index contributed by atoms with van der Waals surface area (Å²) in [5.74, 6) is 0. The quantitative estimate of drug-likeness (QED) is 0.925. The second kappa shape index (κ2) is 5.70. The van der Waals surface area contributed by atoms with E-state index in [4.69, 9.17) is 28.9 Å². The molecule has 0 aliphatic carbocycles. The number of rotatable bonds is 3. The molecule has 2 N–H and O–H groups in total. The number of hydrogen-bond acceptors (Lipinski definition) is 2. The van der Waals surface area contributed by atoms with E-state index in [1.54, 1.807) is 12.3 Å². The second-order valence-corrected chi connectivity index (χ2v) is 5.07. The number of nitrogens with two attached hydrogens (primary N) is 1. The fourth-order valence-corrected chi connectivity index (χ4v) is 2.41. The summed E-state index contributed by atoms with van der Waals surface area (Å²) in [4.78, 5) is 4.24. The van der Waals surface area contributed by atoms with Gasteiger partial charge in [0.2, 0.25) is 0 Å². The second-order valence-electron chi connectivity index (χ2n) is 4.22. The number of nitrogens with zero attached hydrogens (tertiary/aromatic N) is 1. The van der Waals surface area contributed by atoms with Gasteiger partial charge in [0.15, 0.2) is 0 Å². The third kappa shape index (κ3) is 3.02. The number of aryl methyl sites for hydroxylation is 1. The van der Waals surface area contributed by atoms with Crippen LogP contribution in [0.2, 0.25) is 10.0 Å². The molecule has 0 fully saturated rings. The van der Waals surface area contributed by atoms with Crippen LogP contribution in [0.5, 0.6) is 0 Å². The zero-order valence-corrected chi connectivity index (χ0v) is 11.5. The highest BCUT2D eigenvalue weighted by Gasteiger charge is 2.12. The van der Waals surface area contributed by atoms with Crippen molar-refractivity contribution >= 4 is 23.2 Å². The summed E-state index contributed by atoms with van der Waals surface area (Å²) in [6.45, 7) is 1.96. The van der Waals surface area contributed by atoms with Crippen molar-refractivity contribution in [3.8, 4) is 0 Å². The van der Waals surface area contributed by atoms with Crippen molar-refractivity contribution in [2.45, 2.75) is 19.4 Å². The van der Waals surface area contributed by atoms with Crippen LogP contribution in [0, 0.1) is 6.92 Å². The number of pyridine rings is 1. The normalized spacial score (nSPS) is 12.4. The molecule has 0 aliphatic rings. The molecule has 0 spiro atoms. The van der Waals surface area contributed by atoms with E-state index in [-0.39, 0.29) is 6.04 Å². The number of halogens is 2. The van der Waals surface area contributed by atoms with Crippen LogP contribution in [0.4, 0.5) is 0 Å². The molecule has 1 atom stereocenters. The van der Waals surface area contributed by atoms with Gasteiger partial charge in [0.05, 0.1) is 0 Å². The van der Waals surface area contributed by atoms with Crippen molar-refractivity contribution in [2.24, 2.45) is 5.73 Å². The van der Waals surface area contributed by atoms with Crippen molar-refractivity contribution < 1.29 is 0 Å². The fraction of sp³-hybridized carbons (Fsp3) is 0.214. The first-order valence-electron chi connectivity index (χ1n) is 5.69. The van der Waals surface area contributed by atoms with Crippen molar-refractivity contribution in [2.75, 3.05) is 0 Å². The maximum absolute atomic E-state index is 6.20. The van der Waals surface area contributed by atoms with E-state index in [9.17, 15) is 0 Å². The van der Waals surface area contributed by atoms with E-state index in [0.717, 1.165) is 16.8 Å².